The largest absolute Gasteiger partial charge is 0.399 e. The van der Waals surface area contributed by atoms with Crippen LogP contribution in [0.2, 0.25) is 0 Å². The number of rotatable bonds is 2. The number of nitrogens with one attached hydrogen (secondary N) is 1. The van der Waals surface area contributed by atoms with Gasteiger partial charge in [0.15, 0.2) is 0 Å². The van der Waals surface area contributed by atoms with E-state index in [4.69, 9.17) is 5.73 Å². The van der Waals surface area contributed by atoms with Gasteiger partial charge in [-0.05, 0) is 37.5 Å². The molecule has 2 rings (SSSR count). The average molecular weight is 232 g/mol. The van der Waals surface area contributed by atoms with Gasteiger partial charge in [-0.2, -0.15) is 0 Å². The third-order valence-corrected chi connectivity index (χ3v) is 3.50. The molecule has 0 aromatic heterocycles. The summed E-state index contributed by atoms with van der Waals surface area (Å²) in [7, 11) is 0. The van der Waals surface area contributed by atoms with Gasteiger partial charge in [-0.25, -0.2) is 0 Å². The summed E-state index contributed by atoms with van der Waals surface area (Å²) in [4.78, 5) is 12.1. The first-order chi connectivity index (χ1) is 8.16. The van der Waals surface area contributed by atoms with Crippen molar-refractivity contribution >= 4 is 17.3 Å². The van der Waals surface area contributed by atoms with Crippen LogP contribution in [0.3, 0.4) is 0 Å². The molecule has 3 heteroatoms. The summed E-state index contributed by atoms with van der Waals surface area (Å²) in [5.74, 6) is 0.336. The summed E-state index contributed by atoms with van der Waals surface area (Å²) in [5, 5.41) is 3.00. The summed E-state index contributed by atoms with van der Waals surface area (Å²) >= 11 is 0. The van der Waals surface area contributed by atoms with E-state index in [-0.39, 0.29) is 11.8 Å². The second kappa shape index (κ2) is 5.21. The molecule has 3 N–H and O–H groups in total. The molecule has 1 aliphatic rings. The molecule has 0 unspecified atom stereocenters. The Labute approximate surface area is 102 Å². The lowest BCUT2D eigenvalue weighted by Crippen LogP contribution is -2.25. The van der Waals surface area contributed by atoms with E-state index in [1.807, 2.05) is 25.1 Å². The Morgan fingerprint density at radius 1 is 1.29 bits per heavy atom. The number of benzene rings is 1. The van der Waals surface area contributed by atoms with E-state index in [1.54, 1.807) is 0 Å². The van der Waals surface area contributed by atoms with E-state index in [0.717, 1.165) is 24.1 Å². The summed E-state index contributed by atoms with van der Waals surface area (Å²) in [6.45, 7) is 1.98. The van der Waals surface area contributed by atoms with Gasteiger partial charge in [0.2, 0.25) is 5.91 Å². The number of anilines is 2. The predicted octanol–water partition coefficient (Wildman–Crippen LogP) is 3.10. The van der Waals surface area contributed by atoms with Crippen molar-refractivity contribution in [2.45, 2.75) is 39.0 Å². The number of aryl methyl sites for hydroxylation is 1. The molecular formula is C14H20N2O. The molecule has 1 aromatic rings. The highest BCUT2D eigenvalue weighted by atomic mass is 16.1. The van der Waals surface area contributed by atoms with Gasteiger partial charge in [-0.1, -0.05) is 25.3 Å². The summed E-state index contributed by atoms with van der Waals surface area (Å²) < 4.78 is 0. The molecule has 0 atom stereocenters. The minimum atomic E-state index is 0.151. The summed E-state index contributed by atoms with van der Waals surface area (Å²) in [5.41, 5.74) is 8.33. The van der Waals surface area contributed by atoms with Crippen LogP contribution in [-0.2, 0) is 4.79 Å². The van der Waals surface area contributed by atoms with Crippen molar-refractivity contribution < 1.29 is 4.79 Å². The summed E-state index contributed by atoms with van der Waals surface area (Å²) in [6, 6.07) is 5.62. The Morgan fingerprint density at radius 3 is 2.71 bits per heavy atom. The Balaban J connectivity index is 2.04. The zero-order chi connectivity index (χ0) is 12.3. The first-order valence-electron chi connectivity index (χ1n) is 6.34. The fourth-order valence-corrected chi connectivity index (χ4v) is 2.37. The van der Waals surface area contributed by atoms with Crippen LogP contribution in [0, 0.1) is 12.8 Å². The van der Waals surface area contributed by atoms with E-state index in [0.29, 0.717) is 5.69 Å². The van der Waals surface area contributed by atoms with Gasteiger partial charge in [-0.15, -0.1) is 0 Å². The van der Waals surface area contributed by atoms with E-state index in [1.165, 1.54) is 19.3 Å². The molecule has 0 radical (unpaired) electrons. The zero-order valence-corrected chi connectivity index (χ0v) is 10.3. The normalized spacial score (nSPS) is 16.8. The van der Waals surface area contributed by atoms with Crippen molar-refractivity contribution in [1.82, 2.24) is 0 Å². The third kappa shape index (κ3) is 2.99. The van der Waals surface area contributed by atoms with Gasteiger partial charge in [0, 0.05) is 17.3 Å². The second-order valence-electron chi connectivity index (χ2n) is 4.90. The molecule has 0 spiro atoms. The zero-order valence-electron chi connectivity index (χ0n) is 10.3. The Morgan fingerprint density at radius 2 is 2.00 bits per heavy atom. The SMILES string of the molecule is Cc1ccc(N)cc1NC(=O)C1CCCCC1. The number of amides is 1. The van der Waals surface area contributed by atoms with Gasteiger partial charge in [0.1, 0.15) is 0 Å². The summed E-state index contributed by atoms with van der Waals surface area (Å²) in [6.07, 6.45) is 5.66. The second-order valence-corrected chi connectivity index (χ2v) is 4.90. The standard InChI is InChI=1S/C14H20N2O/c1-10-7-8-12(15)9-13(10)16-14(17)11-5-3-2-4-6-11/h7-9,11H,2-6,15H2,1H3,(H,16,17). The van der Waals surface area contributed by atoms with Gasteiger partial charge in [-0.3, -0.25) is 4.79 Å². The van der Waals surface area contributed by atoms with Crippen molar-refractivity contribution in [3.63, 3.8) is 0 Å². The molecule has 1 fully saturated rings. The van der Waals surface area contributed by atoms with Crippen LogP contribution >= 0.6 is 0 Å². The van der Waals surface area contributed by atoms with Crippen molar-refractivity contribution in [2.75, 3.05) is 11.1 Å². The minimum Gasteiger partial charge on any atom is -0.399 e. The quantitative estimate of drug-likeness (QED) is 0.770. The molecule has 0 aliphatic heterocycles. The molecule has 0 bridgehead atoms. The maximum Gasteiger partial charge on any atom is 0.227 e. The van der Waals surface area contributed by atoms with Crippen LogP contribution in [0.15, 0.2) is 18.2 Å². The molecule has 1 saturated carbocycles. The van der Waals surface area contributed by atoms with Crippen LogP contribution in [-0.4, -0.2) is 5.91 Å². The molecule has 92 valence electrons. The van der Waals surface area contributed by atoms with Gasteiger partial charge >= 0.3 is 0 Å². The van der Waals surface area contributed by atoms with Crippen LogP contribution in [0.4, 0.5) is 11.4 Å². The molecule has 0 saturated heterocycles. The van der Waals surface area contributed by atoms with Crippen LogP contribution in [0.1, 0.15) is 37.7 Å². The first-order valence-corrected chi connectivity index (χ1v) is 6.34. The maximum atomic E-state index is 12.1. The van der Waals surface area contributed by atoms with Gasteiger partial charge in [0.25, 0.3) is 0 Å². The highest BCUT2D eigenvalue weighted by molar-refractivity contribution is 5.93. The molecular weight excluding hydrogens is 212 g/mol. The molecule has 3 nitrogen and oxygen atoms in total. The fraction of sp³-hybridized carbons (Fsp3) is 0.500. The molecule has 0 heterocycles. The van der Waals surface area contributed by atoms with Crippen molar-refractivity contribution in [3.8, 4) is 0 Å². The predicted molar refractivity (Wildman–Crippen MR) is 70.8 cm³/mol. The Kier molecular flexibility index (Phi) is 3.67. The van der Waals surface area contributed by atoms with Crippen molar-refractivity contribution in [3.05, 3.63) is 23.8 Å². The number of carbonyl (C=O) groups excluding carboxylic acids is 1. The smallest absolute Gasteiger partial charge is 0.227 e. The van der Waals surface area contributed by atoms with E-state index in [2.05, 4.69) is 5.32 Å². The highest BCUT2D eigenvalue weighted by Gasteiger charge is 2.21. The van der Waals surface area contributed by atoms with E-state index < -0.39 is 0 Å². The van der Waals surface area contributed by atoms with Crippen LogP contribution in [0.25, 0.3) is 0 Å². The lowest BCUT2D eigenvalue weighted by molar-refractivity contribution is -0.120. The van der Waals surface area contributed by atoms with Gasteiger partial charge < -0.3 is 11.1 Å². The number of nitrogen functional groups attached to an aromatic ring is 1. The van der Waals surface area contributed by atoms with Gasteiger partial charge in [0.05, 0.1) is 0 Å². The topological polar surface area (TPSA) is 55.1 Å². The number of hydrogen-bond donors (Lipinski definition) is 2. The first kappa shape index (κ1) is 12.0. The average Bonchev–Trinajstić information content (AvgIpc) is 2.35. The monoisotopic (exact) mass is 232 g/mol. The lowest BCUT2D eigenvalue weighted by Gasteiger charge is -2.21. The number of nitrogens with two attached hydrogens (primary N) is 1. The maximum absolute atomic E-state index is 12.1. The Bertz CT molecular complexity index is 409. The number of hydrogen-bond acceptors (Lipinski definition) is 2. The minimum absolute atomic E-state index is 0.151. The third-order valence-electron chi connectivity index (χ3n) is 3.50. The van der Waals surface area contributed by atoms with E-state index >= 15 is 0 Å². The molecule has 1 aromatic carbocycles. The van der Waals surface area contributed by atoms with Crippen LogP contribution in [0.5, 0.6) is 0 Å². The Hall–Kier alpha value is -1.51. The van der Waals surface area contributed by atoms with Crippen molar-refractivity contribution in [1.29, 1.82) is 0 Å². The van der Waals surface area contributed by atoms with Crippen molar-refractivity contribution in [2.24, 2.45) is 5.92 Å². The molecule has 1 amide bonds. The number of carbonyl (C=O) groups is 1. The molecule has 1 aliphatic carbocycles. The molecule has 17 heavy (non-hydrogen) atoms. The van der Waals surface area contributed by atoms with E-state index in [9.17, 15) is 4.79 Å². The fourth-order valence-electron chi connectivity index (χ4n) is 2.37. The highest BCUT2D eigenvalue weighted by Crippen LogP contribution is 2.26. The lowest BCUT2D eigenvalue weighted by atomic mass is 9.88. The van der Waals surface area contributed by atoms with Crippen LogP contribution < -0.4 is 11.1 Å².